The summed E-state index contributed by atoms with van der Waals surface area (Å²) in [5.41, 5.74) is 1.61. The number of aryl methyl sites for hydroxylation is 2. The van der Waals surface area contributed by atoms with Crippen LogP contribution in [0, 0.1) is 30.0 Å². The summed E-state index contributed by atoms with van der Waals surface area (Å²) in [5.74, 6) is 0. The predicted molar refractivity (Wildman–Crippen MR) is 41.4 cm³/mol. The van der Waals surface area contributed by atoms with Gasteiger partial charge < -0.3 is 0 Å². The minimum absolute atomic E-state index is 0. The van der Waals surface area contributed by atoms with Gasteiger partial charge in [-0.3, -0.25) is 10.1 Å². The van der Waals surface area contributed by atoms with Crippen LogP contribution in [0.15, 0.2) is 12.1 Å². The van der Waals surface area contributed by atoms with E-state index in [1.807, 2.05) is 0 Å². The molecule has 0 heterocycles. The number of nitro groups is 1. The Morgan fingerprint density at radius 2 is 2.08 bits per heavy atom. The molecule has 0 N–H and O–H groups in total. The van der Waals surface area contributed by atoms with Gasteiger partial charge in [0, 0.05) is 37.6 Å². The van der Waals surface area contributed by atoms with E-state index in [1.165, 1.54) is 6.07 Å². The summed E-state index contributed by atoms with van der Waals surface area (Å²) in [6.45, 7) is 3.49. The van der Waals surface area contributed by atoms with E-state index < -0.39 is 0 Å². The Labute approximate surface area is 96.2 Å². The van der Waals surface area contributed by atoms with E-state index in [-0.39, 0.29) is 43.3 Å². The molecule has 0 fully saturated rings. The molecule has 0 aliphatic rings. The summed E-state index contributed by atoms with van der Waals surface area (Å²) in [4.78, 5) is 9.99. The van der Waals surface area contributed by atoms with Gasteiger partial charge in [0.2, 0.25) is 0 Å². The molecule has 61 valence electrons. The van der Waals surface area contributed by atoms with Crippen LogP contribution in [0.4, 0.5) is 5.69 Å². The standard InChI is InChI=1S/C8H8NO2.Y/c1-6-3-4-7(2)8(5-6)9(10)11;/h4-5H,1-2H3;/q-1;. The fourth-order valence-electron chi connectivity index (χ4n) is 0.853. The van der Waals surface area contributed by atoms with E-state index in [1.54, 1.807) is 19.9 Å². The molecular formula is C8H8NO2Y-. The monoisotopic (exact) mass is 239 g/mol. The molecule has 1 aromatic rings. The SMILES string of the molecule is Cc1[c-]cc(C)c([N+](=O)[O-])c1.[Y]. The van der Waals surface area contributed by atoms with Crippen LogP contribution in [0.25, 0.3) is 0 Å². The molecule has 1 rings (SSSR count). The van der Waals surface area contributed by atoms with Gasteiger partial charge in [-0.05, 0) is 0 Å². The smallest absolute Gasteiger partial charge is 0.169 e. The van der Waals surface area contributed by atoms with E-state index in [0.717, 1.165) is 5.56 Å². The first-order chi connectivity index (χ1) is 5.11. The number of benzene rings is 1. The minimum atomic E-state index is -0.379. The maximum Gasteiger partial charge on any atom is 0.169 e. The Kier molecular flexibility index (Phi) is 4.57. The summed E-state index contributed by atoms with van der Waals surface area (Å²) in [6.07, 6.45) is 0. The molecule has 0 aromatic heterocycles. The predicted octanol–water partition coefficient (Wildman–Crippen LogP) is 2.01. The topological polar surface area (TPSA) is 43.1 Å². The van der Waals surface area contributed by atoms with Gasteiger partial charge in [0.1, 0.15) is 0 Å². The van der Waals surface area contributed by atoms with Gasteiger partial charge in [0.25, 0.3) is 0 Å². The van der Waals surface area contributed by atoms with Crippen LogP contribution in [0.3, 0.4) is 0 Å². The molecular weight excluding hydrogens is 231 g/mol. The Morgan fingerprint density at radius 3 is 2.50 bits per heavy atom. The number of nitro benzene ring substituents is 1. The third-order valence-corrected chi connectivity index (χ3v) is 1.47. The summed E-state index contributed by atoms with van der Waals surface area (Å²) >= 11 is 0. The molecule has 0 saturated heterocycles. The molecule has 0 atom stereocenters. The first kappa shape index (κ1) is 11.7. The fraction of sp³-hybridized carbons (Fsp3) is 0.250. The van der Waals surface area contributed by atoms with Crippen molar-refractivity contribution in [2.45, 2.75) is 13.8 Å². The zero-order valence-electron chi connectivity index (χ0n) is 7.00. The second kappa shape index (κ2) is 4.68. The maximum atomic E-state index is 10.4. The first-order valence-electron chi connectivity index (χ1n) is 3.24. The molecule has 0 amide bonds. The molecule has 1 aromatic carbocycles. The summed E-state index contributed by atoms with van der Waals surface area (Å²) in [6, 6.07) is 6.05. The van der Waals surface area contributed by atoms with Crippen LogP contribution < -0.4 is 0 Å². The van der Waals surface area contributed by atoms with Gasteiger partial charge in [0.15, 0.2) is 5.69 Å². The van der Waals surface area contributed by atoms with Crippen molar-refractivity contribution >= 4 is 5.69 Å². The molecule has 4 heteroatoms. The van der Waals surface area contributed by atoms with Gasteiger partial charge in [-0.15, -0.1) is 0 Å². The van der Waals surface area contributed by atoms with Crippen molar-refractivity contribution in [3.8, 4) is 0 Å². The van der Waals surface area contributed by atoms with Crippen LogP contribution in [0.1, 0.15) is 11.1 Å². The van der Waals surface area contributed by atoms with Crippen molar-refractivity contribution in [1.82, 2.24) is 0 Å². The Morgan fingerprint density at radius 1 is 1.50 bits per heavy atom. The summed E-state index contributed by atoms with van der Waals surface area (Å²) in [5, 5.41) is 10.4. The molecule has 1 radical (unpaired) electrons. The van der Waals surface area contributed by atoms with Crippen LogP contribution in [-0.4, -0.2) is 4.92 Å². The second-order valence-electron chi connectivity index (χ2n) is 2.44. The number of rotatable bonds is 1. The molecule has 0 bridgehead atoms. The van der Waals surface area contributed by atoms with Gasteiger partial charge in [-0.1, -0.05) is 25.5 Å². The average Bonchev–Trinajstić information content (AvgIpc) is 1.94. The first-order valence-corrected chi connectivity index (χ1v) is 3.24. The van der Waals surface area contributed by atoms with E-state index in [4.69, 9.17) is 0 Å². The second-order valence-corrected chi connectivity index (χ2v) is 2.44. The summed E-state index contributed by atoms with van der Waals surface area (Å²) < 4.78 is 0. The third kappa shape index (κ3) is 2.65. The van der Waals surface area contributed by atoms with E-state index in [9.17, 15) is 10.1 Å². The quantitative estimate of drug-likeness (QED) is 0.427. The molecule has 0 unspecified atom stereocenters. The van der Waals surface area contributed by atoms with E-state index in [2.05, 4.69) is 6.07 Å². The van der Waals surface area contributed by atoms with Crippen LogP contribution in [0.2, 0.25) is 0 Å². The zero-order valence-corrected chi connectivity index (χ0v) is 9.83. The molecule has 3 nitrogen and oxygen atoms in total. The van der Waals surface area contributed by atoms with Crippen LogP contribution in [0.5, 0.6) is 0 Å². The Hall–Kier alpha value is -0.276. The van der Waals surface area contributed by atoms with Crippen LogP contribution in [-0.2, 0) is 32.7 Å². The van der Waals surface area contributed by atoms with Gasteiger partial charge in [-0.25, -0.2) is 0 Å². The number of hydrogen-bond acceptors (Lipinski definition) is 2. The van der Waals surface area contributed by atoms with Crippen molar-refractivity contribution in [1.29, 1.82) is 0 Å². The van der Waals surface area contributed by atoms with Crippen molar-refractivity contribution in [2.75, 3.05) is 0 Å². The summed E-state index contributed by atoms with van der Waals surface area (Å²) in [7, 11) is 0. The average molecular weight is 239 g/mol. The van der Waals surface area contributed by atoms with E-state index in [0.29, 0.717) is 5.56 Å². The minimum Gasteiger partial charge on any atom is -0.260 e. The molecule has 0 aliphatic heterocycles. The largest absolute Gasteiger partial charge is 0.260 e. The number of hydrogen-bond donors (Lipinski definition) is 0. The van der Waals surface area contributed by atoms with Crippen molar-refractivity contribution < 1.29 is 37.6 Å². The molecule has 0 saturated carbocycles. The Bertz CT molecular complexity index is 299. The normalized spacial score (nSPS) is 8.83. The van der Waals surface area contributed by atoms with Crippen molar-refractivity contribution in [3.05, 3.63) is 39.4 Å². The fourth-order valence-corrected chi connectivity index (χ4v) is 0.853. The molecule has 0 spiro atoms. The maximum absolute atomic E-state index is 10.4. The van der Waals surface area contributed by atoms with Crippen molar-refractivity contribution in [3.63, 3.8) is 0 Å². The van der Waals surface area contributed by atoms with Crippen LogP contribution >= 0.6 is 0 Å². The van der Waals surface area contributed by atoms with Gasteiger partial charge in [0.05, 0.1) is 0 Å². The van der Waals surface area contributed by atoms with Crippen molar-refractivity contribution in [2.24, 2.45) is 0 Å². The molecule has 0 aliphatic carbocycles. The van der Waals surface area contributed by atoms with E-state index >= 15 is 0 Å². The third-order valence-electron chi connectivity index (χ3n) is 1.47. The van der Waals surface area contributed by atoms with Gasteiger partial charge in [-0.2, -0.15) is 17.7 Å². The number of nitrogens with zero attached hydrogens (tertiary/aromatic N) is 1. The zero-order chi connectivity index (χ0) is 8.43. The molecule has 12 heavy (non-hydrogen) atoms. The van der Waals surface area contributed by atoms with Gasteiger partial charge >= 0.3 is 0 Å². The Balaban J connectivity index is 0.00000121.